The number of para-hydroxylation sites is 1. The second-order valence-electron chi connectivity index (χ2n) is 5.01. The van der Waals surface area contributed by atoms with E-state index in [0.717, 1.165) is 11.1 Å². The van der Waals surface area contributed by atoms with Gasteiger partial charge in [-0.1, -0.05) is 48.5 Å². The minimum absolute atomic E-state index is 0.160. The molecule has 2 aromatic carbocycles. The van der Waals surface area contributed by atoms with E-state index >= 15 is 0 Å². The lowest BCUT2D eigenvalue weighted by Crippen LogP contribution is -2.31. The summed E-state index contributed by atoms with van der Waals surface area (Å²) in [5.74, 6) is 0.860. The molecule has 2 aromatic rings. The van der Waals surface area contributed by atoms with Gasteiger partial charge in [0.25, 0.3) is 0 Å². The van der Waals surface area contributed by atoms with Gasteiger partial charge in [-0.25, -0.2) is 0 Å². The number of benzene rings is 2. The van der Waals surface area contributed by atoms with Crippen LogP contribution in [0.1, 0.15) is 15.9 Å². The molecular weight excluding hydrogens is 236 g/mol. The van der Waals surface area contributed by atoms with Gasteiger partial charge in [0.2, 0.25) is 0 Å². The van der Waals surface area contributed by atoms with E-state index in [0.29, 0.717) is 17.9 Å². The van der Waals surface area contributed by atoms with Gasteiger partial charge in [-0.2, -0.15) is 0 Å². The van der Waals surface area contributed by atoms with Crippen LogP contribution in [0.4, 0.5) is 0 Å². The minimum atomic E-state index is -0.518. The average Bonchev–Trinajstić information content (AvgIpc) is 3.20. The third-order valence-corrected chi connectivity index (χ3v) is 3.87. The molecule has 92 valence electrons. The van der Waals surface area contributed by atoms with Crippen LogP contribution in [-0.2, 0) is 0 Å². The lowest BCUT2D eigenvalue weighted by Gasteiger charge is -2.25. The van der Waals surface area contributed by atoms with E-state index in [-0.39, 0.29) is 5.78 Å². The van der Waals surface area contributed by atoms with Crippen LogP contribution in [0.15, 0.2) is 60.7 Å². The number of hydrogen-bond acceptors (Lipinski definition) is 2. The second-order valence-corrected chi connectivity index (χ2v) is 5.01. The van der Waals surface area contributed by atoms with E-state index in [4.69, 9.17) is 4.74 Å². The number of Topliss-reactive ketones (excluding diaryl/α,β-unsaturated/α-hetero) is 1. The smallest absolute Gasteiger partial charge is 0.184 e. The van der Waals surface area contributed by atoms with Gasteiger partial charge in [-0.05, 0) is 23.3 Å². The van der Waals surface area contributed by atoms with Gasteiger partial charge >= 0.3 is 0 Å². The topological polar surface area (TPSA) is 26.3 Å². The maximum absolute atomic E-state index is 12.7. The molecule has 2 nitrogen and oxygen atoms in total. The van der Waals surface area contributed by atoms with Crippen LogP contribution in [0.5, 0.6) is 5.75 Å². The zero-order valence-corrected chi connectivity index (χ0v) is 10.3. The van der Waals surface area contributed by atoms with E-state index in [1.54, 1.807) is 0 Å². The Bertz CT molecular complexity index is 700. The Balaban J connectivity index is 1.72. The first-order valence-corrected chi connectivity index (χ1v) is 6.37. The van der Waals surface area contributed by atoms with Crippen molar-refractivity contribution >= 4 is 11.4 Å². The molecule has 19 heavy (non-hydrogen) atoms. The summed E-state index contributed by atoms with van der Waals surface area (Å²) in [6, 6.07) is 17.5. The summed E-state index contributed by atoms with van der Waals surface area (Å²) in [7, 11) is 0. The van der Waals surface area contributed by atoms with Crippen molar-refractivity contribution in [2.75, 3.05) is 6.61 Å². The third kappa shape index (κ3) is 1.40. The highest BCUT2D eigenvalue weighted by Crippen LogP contribution is 2.55. The van der Waals surface area contributed by atoms with Gasteiger partial charge in [-0.3, -0.25) is 4.79 Å². The van der Waals surface area contributed by atoms with Crippen molar-refractivity contribution < 1.29 is 9.53 Å². The number of hydrogen-bond donors (Lipinski definition) is 0. The number of fused-ring (bicyclic) bond motifs is 1. The highest BCUT2D eigenvalue weighted by molar-refractivity contribution is 6.18. The second kappa shape index (κ2) is 3.58. The number of carbonyl (C=O) groups excluding carboxylic acids is 1. The summed E-state index contributed by atoms with van der Waals surface area (Å²) in [6.07, 6.45) is 2.03. The zero-order valence-electron chi connectivity index (χ0n) is 10.3. The van der Waals surface area contributed by atoms with Crippen LogP contribution >= 0.6 is 0 Å². The van der Waals surface area contributed by atoms with Crippen molar-refractivity contribution in [1.29, 1.82) is 0 Å². The normalized spacial score (nSPS) is 23.6. The molecule has 0 fully saturated rings. The Kier molecular flexibility index (Phi) is 1.99. The van der Waals surface area contributed by atoms with E-state index in [2.05, 4.69) is 0 Å². The molecule has 0 N–H and O–H groups in total. The Labute approximate surface area is 111 Å². The predicted octanol–water partition coefficient (Wildman–Crippen LogP) is 3.35. The molecule has 1 atom stereocenters. The molecule has 0 bridgehead atoms. The molecule has 1 aliphatic carbocycles. The van der Waals surface area contributed by atoms with E-state index in [1.807, 2.05) is 60.7 Å². The predicted molar refractivity (Wildman–Crippen MR) is 73.1 cm³/mol. The van der Waals surface area contributed by atoms with Crippen molar-refractivity contribution in [2.24, 2.45) is 5.41 Å². The van der Waals surface area contributed by atoms with Crippen molar-refractivity contribution in [3.8, 4) is 5.75 Å². The van der Waals surface area contributed by atoms with Crippen LogP contribution in [0.2, 0.25) is 0 Å². The number of carbonyl (C=O) groups is 1. The van der Waals surface area contributed by atoms with E-state index in [1.165, 1.54) is 0 Å². The first-order valence-electron chi connectivity index (χ1n) is 6.37. The lowest BCUT2D eigenvalue weighted by molar-refractivity contribution is 0.0837. The van der Waals surface area contributed by atoms with Crippen LogP contribution in [0.3, 0.4) is 0 Å². The van der Waals surface area contributed by atoms with Crippen LogP contribution in [0.25, 0.3) is 5.57 Å². The largest absolute Gasteiger partial charge is 0.491 e. The molecule has 2 heteroatoms. The maximum Gasteiger partial charge on any atom is 0.184 e. The van der Waals surface area contributed by atoms with Crippen molar-refractivity contribution in [2.45, 2.75) is 0 Å². The number of ether oxygens (including phenoxy) is 1. The summed E-state index contributed by atoms with van der Waals surface area (Å²) in [5, 5.41) is 0. The first kappa shape index (κ1) is 10.6. The fourth-order valence-corrected chi connectivity index (χ4v) is 2.75. The molecule has 1 unspecified atom stereocenters. The van der Waals surface area contributed by atoms with Gasteiger partial charge in [0.1, 0.15) is 17.8 Å². The first-order chi connectivity index (χ1) is 9.31. The SMILES string of the molecule is O=C1c2ccccc2OCC12C=C2c1ccccc1. The van der Waals surface area contributed by atoms with Gasteiger partial charge in [0.15, 0.2) is 5.78 Å². The summed E-state index contributed by atoms with van der Waals surface area (Å²) in [4.78, 5) is 12.7. The van der Waals surface area contributed by atoms with Crippen molar-refractivity contribution in [3.05, 3.63) is 71.8 Å². The van der Waals surface area contributed by atoms with Gasteiger partial charge in [-0.15, -0.1) is 0 Å². The Morgan fingerprint density at radius 2 is 1.68 bits per heavy atom. The van der Waals surface area contributed by atoms with Crippen molar-refractivity contribution in [3.63, 3.8) is 0 Å². The number of ketones is 1. The molecule has 0 saturated carbocycles. The number of rotatable bonds is 1. The van der Waals surface area contributed by atoms with Gasteiger partial charge < -0.3 is 4.74 Å². The van der Waals surface area contributed by atoms with Gasteiger partial charge in [0, 0.05) is 0 Å². The van der Waals surface area contributed by atoms with Gasteiger partial charge in [0.05, 0.1) is 5.56 Å². The highest BCUT2D eigenvalue weighted by atomic mass is 16.5. The molecule has 1 aliphatic heterocycles. The summed E-state index contributed by atoms with van der Waals surface area (Å²) >= 11 is 0. The molecule has 2 aliphatic rings. The Hall–Kier alpha value is -2.35. The molecule has 0 aromatic heterocycles. The Morgan fingerprint density at radius 1 is 0.947 bits per heavy atom. The summed E-state index contributed by atoms with van der Waals surface area (Å²) in [5.41, 5.74) is 2.37. The molecule has 0 saturated heterocycles. The van der Waals surface area contributed by atoms with E-state index < -0.39 is 5.41 Å². The third-order valence-electron chi connectivity index (χ3n) is 3.87. The summed E-state index contributed by atoms with van der Waals surface area (Å²) in [6.45, 7) is 0.424. The quantitative estimate of drug-likeness (QED) is 0.773. The maximum atomic E-state index is 12.7. The average molecular weight is 248 g/mol. The highest BCUT2D eigenvalue weighted by Gasteiger charge is 2.54. The summed E-state index contributed by atoms with van der Waals surface area (Å²) < 4.78 is 5.75. The fourth-order valence-electron chi connectivity index (χ4n) is 2.75. The zero-order chi connectivity index (χ0) is 12.9. The van der Waals surface area contributed by atoms with Crippen LogP contribution in [-0.4, -0.2) is 12.4 Å². The Morgan fingerprint density at radius 3 is 2.53 bits per heavy atom. The molecule has 4 rings (SSSR count). The monoisotopic (exact) mass is 248 g/mol. The molecule has 0 radical (unpaired) electrons. The molecular formula is C17H12O2. The van der Waals surface area contributed by atoms with Crippen LogP contribution in [0, 0.1) is 5.41 Å². The minimum Gasteiger partial charge on any atom is -0.491 e. The molecule has 1 spiro atoms. The standard InChI is InChI=1S/C17H12O2/c18-16-13-8-4-5-9-15(13)19-11-17(16)10-14(17)12-6-2-1-3-7-12/h1-10H,11H2. The fraction of sp³-hybridized carbons (Fsp3) is 0.118. The lowest BCUT2D eigenvalue weighted by atomic mass is 9.86. The molecule has 1 heterocycles. The van der Waals surface area contributed by atoms with Crippen LogP contribution < -0.4 is 4.74 Å². The van der Waals surface area contributed by atoms with Crippen molar-refractivity contribution in [1.82, 2.24) is 0 Å². The van der Waals surface area contributed by atoms with E-state index in [9.17, 15) is 4.79 Å². The molecule has 0 amide bonds.